The summed E-state index contributed by atoms with van der Waals surface area (Å²) in [5, 5.41) is 13.6. The van der Waals surface area contributed by atoms with Crippen LogP contribution in [0.25, 0.3) is 67.1 Å². The molecule has 2 heterocycles. The van der Waals surface area contributed by atoms with Crippen LogP contribution in [0.5, 0.6) is 0 Å². The molecule has 236 valence electrons. The number of aryl methyl sites for hydroxylation is 2. The van der Waals surface area contributed by atoms with Crippen molar-refractivity contribution in [3.63, 3.8) is 0 Å². The van der Waals surface area contributed by atoms with Gasteiger partial charge in [-0.15, -0.1) is 10.2 Å². The molecule has 1 aliphatic heterocycles. The molecule has 1 aliphatic carbocycles. The number of nitrogens with zero attached hydrogens (tertiary/aromatic N) is 4. The third-order valence-corrected chi connectivity index (χ3v) is 9.43. The van der Waals surface area contributed by atoms with Crippen LogP contribution in [0.2, 0.25) is 0 Å². The Bertz CT molecular complexity index is 2280. The van der Waals surface area contributed by atoms with E-state index in [9.17, 15) is 0 Å². The van der Waals surface area contributed by atoms with Crippen LogP contribution in [0.15, 0.2) is 99.8 Å². The lowest BCUT2D eigenvalue weighted by Crippen LogP contribution is -2.31. The molecule has 47 heavy (non-hydrogen) atoms. The first-order chi connectivity index (χ1) is 22.9. The molecule has 0 unspecified atom stereocenters. The minimum Gasteiger partial charge on any atom is -0.456 e. The Balaban J connectivity index is 1.51. The highest BCUT2D eigenvalue weighted by atomic mass is 16.4. The third kappa shape index (κ3) is 5.28. The normalized spacial score (nSPS) is 11.5. The van der Waals surface area contributed by atoms with E-state index in [1.165, 1.54) is 22.2 Å². The van der Waals surface area contributed by atoms with Gasteiger partial charge in [-0.25, -0.2) is 4.58 Å². The van der Waals surface area contributed by atoms with Crippen LogP contribution in [0, 0.1) is 13.8 Å². The molecular weight excluding hydrogens is 580 g/mol. The van der Waals surface area contributed by atoms with E-state index >= 15 is 0 Å². The van der Waals surface area contributed by atoms with Crippen LogP contribution < -0.4 is 14.8 Å². The average Bonchev–Trinajstić information content (AvgIpc) is 3.59. The van der Waals surface area contributed by atoms with Crippen molar-refractivity contribution >= 4 is 27.4 Å². The highest BCUT2D eigenvalue weighted by Crippen LogP contribution is 2.45. The predicted octanol–water partition coefficient (Wildman–Crippen LogP) is 9.35. The molecule has 5 aromatic rings. The Morgan fingerprint density at radius 3 is 2.02 bits per heavy atom. The van der Waals surface area contributed by atoms with Crippen LogP contribution in [-0.2, 0) is 0 Å². The van der Waals surface area contributed by atoms with Gasteiger partial charge >= 0.3 is 0 Å². The molecule has 0 saturated carbocycles. The summed E-state index contributed by atoms with van der Waals surface area (Å²) in [6, 6.07) is 31.8. The molecule has 0 bridgehead atoms. The Kier molecular flexibility index (Phi) is 8.10. The number of benzene rings is 5. The topological polar surface area (TPSA) is 58.3 Å². The lowest BCUT2D eigenvalue weighted by Gasteiger charge is -2.25. The molecule has 6 heteroatoms. The third-order valence-electron chi connectivity index (χ3n) is 9.43. The van der Waals surface area contributed by atoms with Gasteiger partial charge in [0.2, 0.25) is 17.1 Å². The highest BCUT2D eigenvalue weighted by molar-refractivity contribution is 6.06. The molecule has 0 spiro atoms. The fourth-order valence-electron chi connectivity index (χ4n) is 7.02. The number of fused-ring (bicyclic) bond motifs is 3. The van der Waals surface area contributed by atoms with Gasteiger partial charge in [-0.1, -0.05) is 54.6 Å². The van der Waals surface area contributed by atoms with Gasteiger partial charge in [-0.2, -0.15) is 0 Å². The Labute approximate surface area is 276 Å². The summed E-state index contributed by atoms with van der Waals surface area (Å²) in [5.74, 6) is 1.84. The van der Waals surface area contributed by atoms with E-state index in [0.29, 0.717) is 11.8 Å². The zero-order valence-corrected chi connectivity index (χ0v) is 28.1. The Morgan fingerprint density at radius 1 is 0.617 bits per heavy atom. The van der Waals surface area contributed by atoms with Crippen molar-refractivity contribution in [1.29, 1.82) is 0 Å². The van der Waals surface area contributed by atoms with Crippen molar-refractivity contribution in [1.82, 2.24) is 14.8 Å². The van der Waals surface area contributed by atoms with Crippen molar-refractivity contribution in [2.75, 3.05) is 31.1 Å². The largest absolute Gasteiger partial charge is 0.456 e. The van der Waals surface area contributed by atoms with E-state index in [1.54, 1.807) is 0 Å². The zero-order valence-electron chi connectivity index (χ0n) is 28.1. The lowest BCUT2D eigenvalue weighted by atomic mass is 9.89. The average molecular weight is 622 g/mol. The first kappa shape index (κ1) is 30.4. The molecule has 4 aromatic carbocycles. The zero-order chi connectivity index (χ0) is 32.7. The van der Waals surface area contributed by atoms with Gasteiger partial charge in [0, 0.05) is 58.0 Å². The monoisotopic (exact) mass is 621 g/mol. The van der Waals surface area contributed by atoms with Crippen molar-refractivity contribution < 1.29 is 8.83 Å². The van der Waals surface area contributed by atoms with Crippen LogP contribution in [0.4, 0.5) is 5.69 Å². The summed E-state index contributed by atoms with van der Waals surface area (Å²) in [7, 11) is 0. The number of rotatable bonds is 8. The Hall–Kier alpha value is -5.23. The maximum Gasteiger partial charge on any atom is 0.248 e. The Morgan fingerprint density at radius 2 is 1.28 bits per heavy atom. The summed E-state index contributed by atoms with van der Waals surface area (Å²) in [4.78, 5) is 2.38. The number of aromatic nitrogens is 2. The summed E-state index contributed by atoms with van der Waals surface area (Å²) in [6.07, 6.45) is 0. The van der Waals surface area contributed by atoms with Crippen LogP contribution >= 0.6 is 0 Å². The highest BCUT2D eigenvalue weighted by Gasteiger charge is 2.25. The molecule has 0 saturated heterocycles. The van der Waals surface area contributed by atoms with Gasteiger partial charge in [0.05, 0.1) is 6.07 Å². The smallest absolute Gasteiger partial charge is 0.248 e. The summed E-state index contributed by atoms with van der Waals surface area (Å²) < 4.78 is 15.7. The van der Waals surface area contributed by atoms with E-state index < -0.39 is 0 Å². The number of anilines is 1. The molecule has 0 N–H and O–H groups in total. The van der Waals surface area contributed by atoms with E-state index in [2.05, 4.69) is 122 Å². The second kappa shape index (κ2) is 12.5. The summed E-state index contributed by atoms with van der Waals surface area (Å²) in [6.45, 7) is 16.9. The van der Waals surface area contributed by atoms with Crippen molar-refractivity contribution in [2.45, 2.75) is 41.5 Å². The number of hydrogen-bond acceptors (Lipinski definition) is 5. The van der Waals surface area contributed by atoms with Gasteiger partial charge in [-0.05, 0) is 87.7 Å². The molecule has 0 radical (unpaired) electrons. The molecule has 1 aromatic heterocycles. The standard InChI is InChI=1S/C41H41N4O2/c1-7-44(8-2)35-24-37-33(22-26(35)5)39(34-23-27(6)36(25-38(34)46-37)45(9-3)10-4)30-19-13-14-20-32(30)41-43-42-40(47-41)31-21-15-17-28-16-11-12-18-29(28)31/h11-25H,7-10H2,1-6H3/q+1. The molecule has 2 aliphatic rings. The van der Waals surface area contributed by atoms with E-state index in [0.717, 1.165) is 81.5 Å². The van der Waals surface area contributed by atoms with Gasteiger partial charge in [-0.3, -0.25) is 0 Å². The predicted molar refractivity (Wildman–Crippen MR) is 194 cm³/mol. The SMILES string of the molecule is CCN(CC)c1cc2oc3cc(=[N+](CC)CC)c(C)cc-3c(-c3ccccc3-c3nnc(-c4cccc5ccccc45)o3)c2cc1C. The molecule has 0 fully saturated rings. The first-order valence-electron chi connectivity index (χ1n) is 16.7. The maximum atomic E-state index is 6.82. The molecule has 0 amide bonds. The van der Waals surface area contributed by atoms with Gasteiger partial charge in [0.15, 0.2) is 0 Å². The number of hydrogen-bond donors (Lipinski definition) is 0. The second-order valence-corrected chi connectivity index (χ2v) is 12.1. The second-order valence-electron chi connectivity index (χ2n) is 12.1. The molecule has 0 atom stereocenters. The minimum absolute atomic E-state index is 0.485. The van der Waals surface area contributed by atoms with E-state index in [1.807, 2.05) is 30.3 Å². The van der Waals surface area contributed by atoms with E-state index in [4.69, 9.17) is 8.83 Å². The summed E-state index contributed by atoms with van der Waals surface area (Å²) >= 11 is 0. The van der Waals surface area contributed by atoms with Gasteiger partial charge in [0.1, 0.15) is 24.4 Å². The van der Waals surface area contributed by atoms with Crippen LogP contribution in [-0.4, -0.2) is 36.4 Å². The fraction of sp³-hybridized carbons (Fsp3) is 0.244. The van der Waals surface area contributed by atoms with Crippen molar-refractivity contribution in [2.24, 2.45) is 0 Å². The van der Waals surface area contributed by atoms with Crippen LogP contribution in [0.1, 0.15) is 38.8 Å². The molecular formula is C41H41N4O2+. The van der Waals surface area contributed by atoms with Crippen LogP contribution in [0.3, 0.4) is 0 Å². The quantitative estimate of drug-likeness (QED) is 0.125. The van der Waals surface area contributed by atoms with Gasteiger partial charge < -0.3 is 13.7 Å². The summed E-state index contributed by atoms with van der Waals surface area (Å²) in [5.41, 5.74) is 9.46. The first-order valence-corrected chi connectivity index (χ1v) is 16.7. The molecule has 6 nitrogen and oxygen atoms in total. The maximum absolute atomic E-state index is 6.82. The van der Waals surface area contributed by atoms with Gasteiger partial charge in [0.25, 0.3) is 0 Å². The lowest BCUT2D eigenvalue weighted by molar-refractivity contribution is 0.585. The molecule has 7 rings (SSSR count). The van der Waals surface area contributed by atoms with Crippen molar-refractivity contribution in [3.05, 3.63) is 107 Å². The minimum atomic E-state index is 0.485. The van der Waals surface area contributed by atoms with Crippen molar-refractivity contribution in [3.8, 4) is 45.4 Å². The fourth-order valence-corrected chi connectivity index (χ4v) is 7.02. The van der Waals surface area contributed by atoms with E-state index in [-0.39, 0.29) is 0 Å².